The summed E-state index contributed by atoms with van der Waals surface area (Å²) in [5.41, 5.74) is 10.1. The number of amides is 6. The van der Waals surface area contributed by atoms with Crippen LogP contribution in [-0.2, 0) is 38.6 Å². The minimum absolute atomic E-state index is 0.0180. The second-order valence-electron chi connectivity index (χ2n) is 35.2. The van der Waals surface area contributed by atoms with Crippen LogP contribution in [-0.4, -0.2) is 250 Å². The molecule has 0 radical (unpaired) electrons. The van der Waals surface area contributed by atoms with E-state index in [9.17, 15) is 44.4 Å². The third kappa shape index (κ3) is 18.2. The van der Waals surface area contributed by atoms with Crippen molar-refractivity contribution >= 4 is 58.1 Å². The molecule has 9 N–H and O–H groups in total. The Morgan fingerprint density at radius 1 is 0.726 bits per heavy atom. The normalized spacial score (nSPS) is 20.8. The van der Waals surface area contributed by atoms with Crippen LogP contribution in [0.25, 0.3) is 33.5 Å². The number of aromatic hydroxyl groups is 2. The van der Waals surface area contributed by atoms with Gasteiger partial charge in [0, 0.05) is 167 Å². The summed E-state index contributed by atoms with van der Waals surface area (Å²) in [6.07, 6.45) is 12.7. The number of benzene rings is 4. The second-order valence-corrected chi connectivity index (χ2v) is 35.2. The van der Waals surface area contributed by atoms with Gasteiger partial charge in [-0.25, -0.2) is 14.8 Å². The average Bonchev–Trinajstić information content (AvgIpc) is 1.68. The molecule has 31 heteroatoms. The number of likely N-dealkylation sites (tertiary alicyclic amines) is 4. The zero-order valence-corrected chi connectivity index (χ0v) is 71.3. The molecule has 0 bridgehead atoms. The molecule has 16 rings (SSSR count). The smallest absolute Gasteiger partial charge is 0.318 e. The molecule has 0 aliphatic carbocycles. The number of hydrogen-bond donors (Lipinski definition) is 9. The van der Waals surface area contributed by atoms with Crippen molar-refractivity contribution < 1.29 is 58.4 Å². The van der Waals surface area contributed by atoms with Gasteiger partial charge in [0.05, 0.1) is 54.5 Å². The van der Waals surface area contributed by atoms with Gasteiger partial charge in [-0.3, -0.25) is 24.1 Å². The molecular formula is C93H109N19O12. The molecule has 5 saturated heterocycles. The average molecular weight is 1690 g/mol. The number of anilines is 3. The molecule has 0 unspecified atom stereocenters. The Hall–Kier alpha value is -12.4. The van der Waals surface area contributed by atoms with Crippen LogP contribution in [0.2, 0.25) is 0 Å². The van der Waals surface area contributed by atoms with E-state index in [1.165, 1.54) is 16.9 Å². The minimum Gasteiger partial charge on any atom is -0.507 e. The first kappa shape index (κ1) is 85.2. The third-order valence-electron chi connectivity index (χ3n) is 25.8. The third-order valence-corrected chi connectivity index (χ3v) is 25.8. The van der Waals surface area contributed by atoms with Crippen LogP contribution in [0.5, 0.6) is 23.1 Å². The van der Waals surface area contributed by atoms with Crippen LogP contribution >= 0.6 is 0 Å². The van der Waals surface area contributed by atoms with Crippen molar-refractivity contribution in [2.45, 2.75) is 173 Å². The Kier molecular flexibility index (Phi) is 25.1. The number of urea groups is 1. The number of para-hydroxylation sites is 2. The fraction of sp³-hybridized carbons (Fsp3) is 0.462. The summed E-state index contributed by atoms with van der Waals surface area (Å²) in [5.74, 6) is 9.38. The maximum absolute atomic E-state index is 14.7. The van der Waals surface area contributed by atoms with Gasteiger partial charge in [-0.15, -0.1) is 26.8 Å². The van der Waals surface area contributed by atoms with Gasteiger partial charge in [-0.1, -0.05) is 94.8 Å². The van der Waals surface area contributed by atoms with Crippen LogP contribution in [0.3, 0.4) is 0 Å². The highest BCUT2D eigenvalue weighted by Gasteiger charge is 2.47. The second kappa shape index (κ2) is 36.6. The number of aromatic amines is 1. The number of phenols is 2. The fourth-order valence-corrected chi connectivity index (χ4v) is 18.9. The largest absolute Gasteiger partial charge is 0.507 e. The molecule has 6 amide bonds. The van der Waals surface area contributed by atoms with Crippen LogP contribution in [0.1, 0.15) is 161 Å². The SMILES string of the molecule is C#Cc1ccc([C@H](C)NC(=O)[C@@H]2C[C@@H](O)CN2C(=O)[C@H](c2cc(OCCN3CCN4c5cc(-c6ccccc6O)nnc5NC[C@H]4C3)no2)C(C)C)cc1CC#Cc1ccc(CNC(=O)[C@@H]2C[C@@H](O)CN2C(=O)[C@@H](NC(=O)N2CCC(N3CCC(c4cnc(N5CCc6[nH]c7nnc(-c8ccccc8O)cc7c6[C@H]5C)nc4)CC3)CC2)C(C)(C)C)c(OC)c1. The molecule has 0 saturated carbocycles. The van der Waals surface area contributed by atoms with E-state index in [0.29, 0.717) is 113 Å². The Labute approximate surface area is 721 Å². The van der Waals surface area contributed by atoms with Gasteiger partial charge in [0.2, 0.25) is 29.6 Å². The molecule has 0 spiro atoms. The van der Waals surface area contributed by atoms with E-state index in [4.69, 9.17) is 30.4 Å². The van der Waals surface area contributed by atoms with Crippen molar-refractivity contribution in [1.29, 1.82) is 0 Å². The number of methoxy groups -OCH3 is 1. The van der Waals surface area contributed by atoms with Gasteiger partial charge >= 0.3 is 6.03 Å². The van der Waals surface area contributed by atoms with E-state index in [-0.39, 0.29) is 86.2 Å². The monoisotopic (exact) mass is 1680 g/mol. The van der Waals surface area contributed by atoms with Gasteiger partial charge in [0.15, 0.2) is 17.2 Å². The summed E-state index contributed by atoms with van der Waals surface area (Å²) in [4.78, 5) is 99.5. The standard InChI is InChI=1S/C93H109N19O12/c1-10-58-24-25-60(55(4)98-88(118)76-43-67(114)52-111(76)89(119)82(54(2)3)80-46-81(105-124-80)123-39-38-106-36-37-110-65(51-106)50-94-86-74(110)45-73(102-104-86)69-19-12-14-21-78(69)116)41-61(58)17-15-16-57-22-23-62(79(40-57)122-9)47-95-87(117)75-42-66(113)53-112(75)90(120)84(93(6,7)8)100-92(121)108-33-28-64(29-34-108)107-31-26-59(27-32-107)63-48-96-91(97-49-63)109-35-30-71-83(56(109)5)70-44-72(101-103-85(70)99-71)68-18-11-13-20-77(68)115/h1,11-14,18-25,40-41,44-46,48-49,54-56,59,64-67,75-76,82,84,113-116H,17,26-39,42-43,47,50-53H2,2-9H3,(H,94,104)(H,95,117)(H,98,118)(H,99,103)(H,100,121)/t55-,56+,65-,66+,67+,75-,76-,82-,84+/m0/s1. The summed E-state index contributed by atoms with van der Waals surface area (Å²) in [5, 5.41) is 78.6. The molecule has 12 heterocycles. The van der Waals surface area contributed by atoms with Crippen LogP contribution in [0, 0.1) is 35.5 Å². The van der Waals surface area contributed by atoms with E-state index in [2.05, 4.69) is 96.1 Å². The number of aromatic nitrogens is 8. The first-order valence-electron chi connectivity index (χ1n) is 43.2. The Bertz CT molecular complexity index is 5540. The van der Waals surface area contributed by atoms with Crippen molar-refractivity contribution in [3.63, 3.8) is 0 Å². The van der Waals surface area contributed by atoms with Crippen LogP contribution in [0.4, 0.5) is 22.2 Å². The van der Waals surface area contributed by atoms with Crippen molar-refractivity contribution in [3.05, 3.63) is 166 Å². The topological polar surface area (TPSA) is 375 Å². The Morgan fingerprint density at radius 2 is 1.42 bits per heavy atom. The van der Waals surface area contributed by atoms with E-state index in [0.717, 1.165) is 110 Å². The van der Waals surface area contributed by atoms with Gasteiger partial charge in [0.25, 0.3) is 5.88 Å². The first-order chi connectivity index (χ1) is 59.8. The molecule has 9 aromatic rings. The van der Waals surface area contributed by atoms with Crippen molar-refractivity contribution in [2.75, 3.05) is 107 Å². The molecular weight excluding hydrogens is 1580 g/mol. The van der Waals surface area contributed by atoms with Crippen molar-refractivity contribution in [1.82, 2.24) is 81.0 Å². The summed E-state index contributed by atoms with van der Waals surface area (Å²) in [7, 11) is 1.52. The number of aliphatic hydroxyl groups excluding tert-OH is 2. The number of carbonyl (C=O) groups excluding carboxylic acids is 5. The number of rotatable bonds is 22. The molecule has 31 nitrogen and oxygen atoms in total. The molecule has 4 aromatic carbocycles. The van der Waals surface area contributed by atoms with Crippen molar-refractivity contribution in [3.8, 4) is 69.8 Å². The number of carbonyl (C=O) groups is 5. The lowest BCUT2D eigenvalue weighted by Gasteiger charge is -2.45. The lowest BCUT2D eigenvalue weighted by atomic mass is 9.85. The van der Waals surface area contributed by atoms with Crippen molar-refractivity contribution in [2.24, 2.45) is 11.3 Å². The van der Waals surface area contributed by atoms with Crippen LogP contribution < -0.4 is 40.5 Å². The number of terminal acetylenes is 1. The van der Waals surface area contributed by atoms with Gasteiger partial charge in [-0.05, 0) is 146 Å². The van der Waals surface area contributed by atoms with E-state index >= 15 is 0 Å². The molecule has 648 valence electrons. The van der Waals surface area contributed by atoms with E-state index in [1.807, 2.05) is 109 Å². The van der Waals surface area contributed by atoms with Gasteiger partial charge in [-0.2, -0.15) is 0 Å². The number of piperidine rings is 2. The first-order valence-corrected chi connectivity index (χ1v) is 43.2. The summed E-state index contributed by atoms with van der Waals surface area (Å²) in [6.45, 7) is 20.8. The quantitative estimate of drug-likeness (QED) is 0.0287. The fourth-order valence-electron chi connectivity index (χ4n) is 18.9. The number of piperazine rings is 1. The highest BCUT2D eigenvalue weighted by atomic mass is 16.5. The maximum Gasteiger partial charge on any atom is 0.318 e. The number of fused-ring (bicyclic) bond motifs is 6. The summed E-state index contributed by atoms with van der Waals surface area (Å²) < 4.78 is 17.7. The van der Waals surface area contributed by atoms with E-state index in [1.54, 1.807) is 53.4 Å². The lowest BCUT2D eigenvalue weighted by molar-refractivity contribution is -0.142. The predicted molar refractivity (Wildman–Crippen MR) is 466 cm³/mol. The highest BCUT2D eigenvalue weighted by Crippen LogP contribution is 2.42. The predicted octanol–water partition coefficient (Wildman–Crippen LogP) is 8.60. The zero-order valence-electron chi connectivity index (χ0n) is 71.3. The Balaban J connectivity index is 0.475. The molecule has 7 aliphatic heterocycles. The molecule has 9 atom stereocenters. The van der Waals surface area contributed by atoms with Gasteiger partial charge in [0.1, 0.15) is 47.9 Å². The number of H-pyrrole nitrogens is 1. The molecule has 5 fully saturated rings. The number of phenolic OH excluding ortho intramolecular Hbond substituents is 2. The Morgan fingerprint density at radius 3 is 2.11 bits per heavy atom. The highest BCUT2D eigenvalue weighted by molar-refractivity contribution is 5.94. The summed E-state index contributed by atoms with van der Waals surface area (Å²) in [6, 6.07) is 27.3. The number of ether oxygens (including phenoxy) is 2. The number of β-amino-alcohol motifs (C(OH)–C–C–N with tert-alkyl or cyclic N) is 2. The lowest BCUT2D eigenvalue weighted by Crippen LogP contribution is -2.60. The zero-order chi connectivity index (χ0) is 86.8. The molecule has 5 aromatic heterocycles. The number of nitrogens with zero attached hydrogens (tertiary/aromatic N) is 14. The maximum atomic E-state index is 14.7. The summed E-state index contributed by atoms with van der Waals surface area (Å²) >= 11 is 0. The van der Waals surface area contributed by atoms with Crippen LogP contribution in [0.15, 0.2) is 120 Å². The number of aliphatic hydroxyl groups is 2. The number of nitrogens with one attached hydrogen (secondary N) is 5. The van der Waals surface area contributed by atoms with Gasteiger partial charge < -0.3 is 90.1 Å². The van der Waals surface area contributed by atoms with E-state index < -0.39 is 65.4 Å². The molecule has 124 heavy (non-hydrogen) atoms. The molecule has 7 aliphatic rings. The minimum atomic E-state index is -1.00. The number of hydrogen-bond acceptors (Lipinski definition) is 24.